The Kier molecular flexibility index (Phi) is 4.50. The molecule has 1 heterocycles. The van der Waals surface area contributed by atoms with Crippen molar-refractivity contribution in [3.63, 3.8) is 0 Å². The molecule has 2 rings (SSSR count). The van der Waals surface area contributed by atoms with E-state index >= 15 is 0 Å². The number of aliphatic hydroxyl groups is 1. The van der Waals surface area contributed by atoms with E-state index in [9.17, 15) is 5.11 Å². The molecular formula is C12H21N3OS. The molecule has 2 N–H and O–H groups in total. The van der Waals surface area contributed by atoms with Gasteiger partial charge in [0.1, 0.15) is 0 Å². The van der Waals surface area contributed by atoms with Crippen molar-refractivity contribution in [1.29, 1.82) is 0 Å². The maximum Gasteiger partial charge on any atom is 0.0959 e. The summed E-state index contributed by atoms with van der Waals surface area (Å²) in [6.45, 7) is 2.07. The molecule has 1 aromatic heterocycles. The average molecular weight is 255 g/mol. The van der Waals surface area contributed by atoms with Gasteiger partial charge in [-0.3, -0.25) is 0 Å². The van der Waals surface area contributed by atoms with E-state index in [1.54, 1.807) is 11.3 Å². The number of hydrogen-bond acceptors (Lipinski definition) is 5. The topological polar surface area (TPSA) is 48.4 Å². The van der Waals surface area contributed by atoms with E-state index in [0.29, 0.717) is 13.1 Å². The van der Waals surface area contributed by atoms with Crippen LogP contribution in [0.2, 0.25) is 0 Å². The smallest absolute Gasteiger partial charge is 0.0959 e. The molecular weight excluding hydrogens is 234 g/mol. The van der Waals surface area contributed by atoms with Crippen molar-refractivity contribution in [3.05, 3.63) is 16.1 Å². The van der Waals surface area contributed by atoms with Gasteiger partial charge in [-0.15, -0.1) is 11.3 Å². The molecule has 1 aliphatic carbocycles. The largest absolute Gasteiger partial charge is 0.390 e. The van der Waals surface area contributed by atoms with Crippen LogP contribution in [0, 0.1) is 0 Å². The molecule has 0 aliphatic heterocycles. The number of thiazole rings is 1. The van der Waals surface area contributed by atoms with Gasteiger partial charge < -0.3 is 15.3 Å². The van der Waals surface area contributed by atoms with Crippen molar-refractivity contribution < 1.29 is 5.11 Å². The van der Waals surface area contributed by atoms with Crippen LogP contribution in [-0.2, 0) is 6.54 Å². The molecule has 1 fully saturated rings. The molecule has 5 heteroatoms. The average Bonchev–Trinajstić information content (AvgIpc) is 2.99. The van der Waals surface area contributed by atoms with Crippen LogP contribution in [0.25, 0.3) is 0 Å². The Bertz CT molecular complexity index is 349. The van der Waals surface area contributed by atoms with Gasteiger partial charge in [-0.1, -0.05) is 0 Å². The zero-order valence-electron chi connectivity index (χ0n) is 10.5. The highest BCUT2D eigenvalue weighted by Crippen LogP contribution is 2.41. The fraction of sp³-hybridized carbons (Fsp3) is 0.750. The molecule has 1 saturated carbocycles. The Labute approximate surface area is 107 Å². The van der Waals surface area contributed by atoms with Crippen molar-refractivity contribution in [2.24, 2.45) is 0 Å². The summed E-state index contributed by atoms with van der Waals surface area (Å²) in [7, 11) is 3.93. The molecule has 1 unspecified atom stereocenters. The second kappa shape index (κ2) is 5.91. The van der Waals surface area contributed by atoms with Crippen LogP contribution >= 0.6 is 11.3 Å². The number of hydrogen-bond donors (Lipinski definition) is 2. The van der Waals surface area contributed by atoms with Gasteiger partial charge in [-0.25, -0.2) is 4.98 Å². The quantitative estimate of drug-likeness (QED) is 0.764. The third-order valence-electron chi connectivity index (χ3n) is 2.76. The van der Waals surface area contributed by atoms with Crippen LogP contribution in [0.15, 0.2) is 5.38 Å². The first-order chi connectivity index (χ1) is 8.15. The molecule has 96 valence electrons. The number of aromatic nitrogens is 1. The minimum absolute atomic E-state index is 0.313. The Hall–Kier alpha value is -0.490. The Morgan fingerprint density at radius 1 is 1.59 bits per heavy atom. The lowest BCUT2D eigenvalue weighted by atomic mass is 10.3. The maximum atomic E-state index is 9.68. The van der Waals surface area contributed by atoms with E-state index in [1.165, 1.54) is 17.8 Å². The van der Waals surface area contributed by atoms with Crippen molar-refractivity contribution in [3.8, 4) is 0 Å². The van der Waals surface area contributed by atoms with Gasteiger partial charge in [-0.2, -0.15) is 0 Å². The molecule has 1 atom stereocenters. The molecule has 0 aromatic carbocycles. The highest BCUT2D eigenvalue weighted by atomic mass is 32.1. The summed E-state index contributed by atoms with van der Waals surface area (Å²) >= 11 is 1.77. The normalized spacial score (nSPS) is 17.6. The number of aliphatic hydroxyl groups excluding tert-OH is 1. The number of likely N-dealkylation sites (N-methyl/N-ethyl adjacent to an activating group) is 1. The lowest BCUT2D eigenvalue weighted by Crippen LogP contribution is -2.34. The van der Waals surface area contributed by atoms with Crippen LogP contribution in [0.1, 0.15) is 29.5 Å². The van der Waals surface area contributed by atoms with Gasteiger partial charge in [-0.05, 0) is 26.9 Å². The molecule has 1 aliphatic rings. The van der Waals surface area contributed by atoms with Crippen molar-refractivity contribution >= 4 is 11.3 Å². The van der Waals surface area contributed by atoms with E-state index < -0.39 is 0 Å². The predicted octanol–water partition coefficient (Wildman–Crippen LogP) is 1.03. The Morgan fingerprint density at radius 3 is 3.00 bits per heavy atom. The monoisotopic (exact) mass is 255 g/mol. The first kappa shape index (κ1) is 13.0. The molecule has 0 bridgehead atoms. The van der Waals surface area contributed by atoms with E-state index in [4.69, 9.17) is 0 Å². The van der Waals surface area contributed by atoms with Gasteiger partial charge in [0.2, 0.25) is 0 Å². The fourth-order valence-corrected chi connectivity index (χ4v) is 2.77. The Balaban J connectivity index is 1.66. The summed E-state index contributed by atoms with van der Waals surface area (Å²) in [5.74, 6) is 0.744. The summed E-state index contributed by atoms with van der Waals surface area (Å²) in [4.78, 5) is 6.58. The Morgan fingerprint density at radius 2 is 2.35 bits per heavy atom. The summed E-state index contributed by atoms with van der Waals surface area (Å²) in [6.07, 6.45) is 2.30. The number of nitrogens with one attached hydrogen (secondary N) is 1. The van der Waals surface area contributed by atoms with Gasteiger partial charge in [0.15, 0.2) is 0 Å². The lowest BCUT2D eigenvalue weighted by molar-refractivity contribution is 0.134. The third-order valence-corrected chi connectivity index (χ3v) is 3.81. The fourth-order valence-electron chi connectivity index (χ4n) is 1.77. The molecule has 0 amide bonds. The van der Waals surface area contributed by atoms with E-state index in [0.717, 1.165) is 18.2 Å². The van der Waals surface area contributed by atoms with Gasteiger partial charge in [0, 0.05) is 30.9 Å². The molecule has 1 aromatic rings. The van der Waals surface area contributed by atoms with Crippen molar-refractivity contribution in [2.75, 3.05) is 27.2 Å². The third kappa shape index (κ3) is 4.35. The van der Waals surface area contributed by atoms with Crippen molar-refractivity contribution in [2.45, 2.75) is 31.4 Å². The zero-order chi connectivity index (χ0) is 12.3. The summed E-state index contributed by atoms with van der Waals surface area (Å²) in [5.41, 5.74) is 1.11. The van der Waals surface area contributed by atoms with Crippen LogP contribution in [0.4, 0.5) is 0 Å². The summed E-state index contributed by atoms with van der Waals surface area (Å²) < 4.78 is 0. The first-order valence-corrected chi connectivity index (χ1v) is 7.01. The predicted molar refractivity (Wildman–Crippen MR) is 70.4 cm³/mol. The number of nitrogens with zero attached hydrogens (tertiary/aromatic N) is 2. The van der Waals surface area contributed by atoms with Gasteiger partial charge in [0.25, 0.3) is 0 Å². The standard InChI is InChI=1S/C12H21N3OS/c1-15(2)7-11(16)6-13-5-10-8-17-12(14-10)9-3-4-9/h8-9,11,13,16H,3-7H2,1-2H3. The first-order valence-electron chi connectivity index (χ1n) is 6.13. The lowest BCUT2D eigenvalue weighted by Gasteiger charge is -2.15. The maximum absolute atomic E-state index is 9.68. The SMILES string of the molecule is CN(C)CC(O)CNCc1csc(C2CC2)n1. The van der Waals surface area contributed by atoms with Crippen LogP contribution < -0.4 is 5.32 Å². The molecule has 0 spiro atoms. The van der Waals surface area contributed by atoms with Crippen LogP contribution in [-0.4, -0.2) is 48.3 Å². The summed E-state index contributed by atoms with van der Waals surface area (Å²) in [5, 5.41) is 16.3. The molecule has 17 heavy (non-hydrogen) atoms. The number of rotatable bonds is 7. The van der Waals surface area contributed by atoms with Crippen LogP contribution in [0.3, 0.4) is 0 Å². The minimum atomic E-state index is -0.313. The molecule has 0 radical (unpaired) electrons. The highest BCUT2D eigenvalue weighted by Gasteiger charge is 2.26. The van der Waals surface area contributed by atoms with Crippen molar-refractivity contribution in [1.82, 2.24) is 15.2 Å². The second-order valence-electron chi connectivity index (χ2n) is 5.00. The van der Waals surface area contributed by atoms with Gasteiger partial charge >= 0.3 is 0 Å². The summed E-state index contributed by atoms with van der Waals surface area (Å²) in [6, 6.07) is 0. The highest BCUT2D eigenvalue weighted by molar-refractivity contribution is 7.09. The molecule has 4 nitrogen and oxygen atoms in total. The second-order valence-corrected chi connectivity index (χ2v) is 5.89. The minimum Gasteiger partial charge on any atom is -0.390 e. The van der Waals surface area contributed by atoms with E-state index in [-0.39, 0.29) is 6.10 Å². The van der Waals surface area contributed by atoms with Gasteiger partial charge in [0.05, 0.1) is 16.8 Å². The zero-order valence-corrected chi connectivity index (χ0v) is 11.3. The van der Waals surface area contributed by atoms with E-state index in [1.807, 2.05) is 19.0 Å². The van der Waals surface area contributed by atoms with E-state index in [2.05, 4.69) is 15.7 Å². The van der Waals surface area contributed by atoms with Crippen LogP contribution in [0.5, 0.6) is 0 Å². The molecule has 0 saturated heterocycles.